The molecule has 2 rings (SSSR count). The van der Waals surface area contributed by atoms with Crippen molar-refractivity contribution in [2.45, 2.75) is 13.0 Å². The van der Waals surface area contributed by atoms with Crippen molar-refractivity contribution in [2.75, 3.05) is 17.9 Å². The van der Waals surface area contributed by atoms with Crippen molar-refractivity contribution >= 4 is 34.4 Å². The van der Waals surface area contributed by atoms with Crippen LogP contribution in [0, 0.1) is 0 Å². The average Bonchev–Trinajstić information content (AvgIpc) is 2.65. The zero-order chi connectivity index (χ0) is 11.4. The number of rotatable bonds is 5. The van der Waals surface area contributed by atoms with Crippen LogP contribution in [0.1, 0.15) is 5.82 Å². The van der Waals surface area contributed by atoms with Gasteiger partial charge in [0.2, 0.25) is 0 Å². The smallest absolute Gasteiger partial charge is 0.111 e. The SMILES string of the molecule is CSCCn1c(CCCl)nc2cnccc21. The van der Waals surface area contributed by atoms with Crippen LogP contribution in [0.2, 0.25) is 0 Å². The predicted octanol–water partition coefficient (Wildman–Crippen LogP) is 2.58. The second kappa shape index (κ2) is 5.55. The monoisotopic (exact) mass is 255 g/mol. The molecule has 0 saturated heterocycles. The number of fused-ring (bicyclic) bond motifs is 1. The van der Waals surface area contributed by atoms with Crippen LogP contribution in [0.4, 0.5) is 0 Å². The van der Waals surface area contributed by atoms with Crippen molar-refractivity contribution in [3.05, 3.63) is 24.3 Å². The molecule has 0 fully saturated rings. The molecular weight excluding hydrogens is 242 g/mol. The lowest BCUT2D eigenvalue weighted by Crippen LogP contribution is -2.06. The highest BCUT2D eigenvalue weighted by atomic mass is 35.5. The molecule has 0 aliphatic rings. The van der Waals surface area contributed by atoms with Crippen molar-refractivity contribution in [1.29, 1.82) is 0 Å². The first-order valence-corrected chi connectivity index (χ1v) is 7.13. The number of alkyl halides is 1. The van der Waals surface area contributed by atoms with Gasteiger partial charge in [0.15, 0.2) is 0 Å². The Labute approximate surface area is 104 Å². The number of thioether (sulfide) groups is 1. The van der Waals surface area contributed by atoms with Crippen molar-refractivity contribution in [3.8, 4) is 0 Å². The summed E-state index contributed by atoms with van der Waals surface area (Å²) in [4.78, 5) is 8.66. The van der Waals surface area contributed by atoms with Gasteiger partial charge in [0.1, 0.15) is 11.3 Å². The van der Waals surface area contributed by atoms with E-state index in [2.05, 4.69) is 20.8 Å². The van der Waals surface area contributed by atoms with Gasteiger partial charge in [-0.1, -0.05) is 0 Å². The average molecular weight is 256 g/mol. The van der Waals surface area contributed by atoms with Crippen LogP contribution in [0.25, 0.3) is 11.0 Å². The van der Waals surface area contributed by atoms with Gasteiger partial charge >= 0.3 is 0 Å². The summed E-state index contributed by atoms with van der Waals surface area (Å²) < 4.78 is 2.25. The maximum atomic E-state index is 5.80. The highest BCUT2D eigenvalue weighted by Gasteiger charge is 2.09. The highest BCUT2D eigenvalue weighted by Crippen LogP contribution is 2.16. The number of aryl methyl sites for hydroxylation is 2. The summed E-state index contributed by atoms with van der Waals surface area (Å²) in [5.41, 5.74) is 2.12. The number of halogens is 1. The first-order valence-electron chi connectivity index (χ1n) is 5.21. The molecule has 0 aliphatic heterocycles. The number of nitrogens with zero attached hydrogens (tertiary/aromatic N) is 3. The molecule has 2 aromatic heterocycles. The highest BCUT2D eigenvalue weighted by molar-refractivity contribution is 7.98. The normalized spacial score (nSPS) is 11.1. The van der Waals surface area contributed by atoms with Gasteiger partial charge in [-0.25, -0.2) is 4.98 Å². The Morgan fingerprint density at radius 3 is 3.12 bits per heavy atom. The summed E-state index contributed by atoms with van der Waals surface area (Å²) >= 11 is 7.63. The quantitative estimate of drug-likeness (QED) is 0.770. The molecule has 5 heteroatoms. The van der Waals surface area contributed by atoms with E-state index in [-0.39, 0.29) is 0 Å². The molecule has 0 bridgehead atoms. The third kappa shape index (κ3) is 2.33. The van der Waals surface area contributed by atoms with E-state index in [0.29, 0.717) is 5.88 Å². The maximum absolute atomic E-state index is 5.80. The minimum atomic E-state index is 0.607. The molecule has 0 amide bonds. The molecule has 0 spiro atoms. The molecule has 3 nitrogen and oxygen atoms in total. The summed E-state index contributed by atoms with van der Waals surface area (Å²) in [6, 6.07) is 2.01. The second-order valence-electron chi connectivity index (χ2n) is 3.48. The van der Waals surface area contributed by atoms with E-state index < -0.39 is 0 Å². The molecule has 0 N–H and O–H groups in total. The summed E-state index contributed by atoms with van der Waals surface area (Å²) in [5, 5.41) is 0. The van der Waals surface area contributed by atoms with Crippen LogP contribution in [-0.4, -0.2) is 32.4 Å². The van der Waals surface area contributed by atoms with Gasteiger partial charge in [-0.2, -0.15) is 11.8 Å². The fourth-order valence-corrected chi connectivity index (χ4v) is 2.27. The largest absolute Gasteiger partial charge is 0.327 e. The van der Waals surface area contributed by atoms with Gasteiger partial charge in [-0.3, -0.25) is 4.98 Å². The van der Waals surface area contributed by atoms with E-state index in [0.717, 1.165) is 35.6 Å². The molecule has 0 saturated carbocycles. The number of hydrogen-bond acceptors (Lipinski definition) is 3. The molecule has 86 valence electrons. The molecule has 0 aromatic carbocycles. The molecule has 16 heavy (non-hydrogen) atoms. The summed E-state index contributed by atoms with van der Waals surface area (Å²) in [6.07, 6.45) is 6.54. The van der Waals surface area contributed by atoms with Crippen LogP contribution in [0.5, 0.6) is 0 Å². The van der Waals surface area contributed by atoms with E-state index in [1.54, 1.807) is 0 Å². The van der Waals surface area contributed by atoms with E-state index in [9.17, 15) is 0 Å². The number of aromatic nitrogens is 3. The van der Waals surface area contributed by atoms with Gasteiger partial charge in [-0.05, 0) is 12.3 Å². The molecule has 2 heterocycles. The fourth-order valence-electron chi connectivity index (χ4n) is 1.74. The number of hydrogen-bond donors (Lipinski definition) is 0. The lowest BCUT2D eigenvalue weighted by Gasteiger charge is -2.06. The third-order valence-corrected chi connectivity index (χ3v) is 3.25. The minimum Gasteiger partial charge on any atom is -0.327 e. The maximum Gasteiger partial charge on any atom is 0.111 e. The first kappa shape index (κ1) is 11.7. The van der Waals surface area contributed by atoms with Gasteiger partial charge in [0.05, 0.1) is 11.7 Å². The van der Waals surface area contributed by atoms with Crippen LogP contribution in [0.3, 0.4) is 0 Å². The number of imidazole rings is 1. The standard InChI is InChI=1S/C11H14ClN3S/c1-16-7-6-15-10-3-5-13-8-9(10)14-11(15)2-4-12/h3,5,8H,2,4,6-7H2,1H3. The van der Waals surface area contributed by atoms with Crippen molar-refractivity contribution in [1.82, 2.24) is 14.5 Å². The lowest BCUT2D eigenvalue weighted by atomic mass is 10.4. The van der Waals surface area contributed by atoms with Gasteiger partial charge in [-0.15, -0.1) is 11.6 Å². The number of pyridine rings is 1. The molecular formula is C11H14ClN3S. The summed E-state index contributed by atoms with van der Waals surface area (Å²) in [7, 11) is 0. The van der Waals surface area contributed by atoms with Gasteiger partial charge < -0.3 is 4.57 Å². The fraction of sp³-hybridized carbons (Fsp3) is 0.455. The predicted molar refractivity (Wildman–Crippen MR) is 70.3 cm³/mol. The Balaban J connectivity index is 2.42. The summed E-state index contributed by atoms with van der Waals surface area (Å²) in [6.45, 7) is 0.980. The second-order valence-corrected chi connectivity index (χ2v) is 4.84. The topological polar surface area (TPSA) is 30.7 Å². The van der Waals surface area contributed by atoms with E-state index in [1.807, 2.05) is 30.2 Å². The third-order valence-electron chi connectivity index (χ3n) is 2.47. The van der Waals surface area contributed by atoms with Gasteiger partial charge in [0, 0.05) is 30.8 Å². The first-order chi connectivity index (χ1) is 7.86. The van der Waals surface area contributed by atoms with Crippen molar-refractivity contribution < 1.29 is 0 Å². The Bertz CT molecular complexity index is 469. The molecule has 0 atom stereocenters. The van der Waals surface area contributed by atoms with Crippen LogP contribution in [0.15, 0.2) is 18.5 Å². The van der Waals surface area contributed by atoms with Crippen molar-refractivity contribution in [3.63, 3.8) is 0 Å². The van der Waals surface area contributed by atoms with Crippen LogP contribution >= 0.6 is 23.4 Å². The Kier molecular flexibility index (Phi) is 4.07. The van der Waals surface area contributed by atoms with E-state index >= 15 is 0 Å². The molecule has 0 aliphatic carbocycles. The van der Waals surface area contributed by atoms with Crippen LogP contribution in [-0.2, 0) is 13.0 Å². The van der Waals surface area contributed by atoms with Crippen molar-refractivity contribution in [2.24, 2.45) is 0 Å². The minimum absolute atomic E-state index is 0.607. The summed E-state index contributed by atoms with van der Waals surface area (Å²) in [5.74, 6) is 2.76. The lowest BCUT2D eigenvalue weighted by molar-refractivity contribution is 0.734. The van der Waals surface area contributed by atoms with Crippen LogP contribution < -0.4 is 0 Å². The van der Waals surface area contributed by atoms with E-state index in [1.165, 1.54) is 0 Å². The van der Waals surface area contributed by atoms with Gasteiger partial charge in [0.25, 0.3) is 0 Å². The van der Waals surface area contributed by atoms with E-state index in [4.69, 9.17) is 11.6 Å². The zero-order valence-electron chi connectivity index (χ0n) is 9.19. The Morgan fingerprint density at radius 2 is 2.38 bits per heavy atom. The zero-order valence-corrected chi connectivity index (χ0v) is 10.8. The Hall–Kier alpha value is -0.740. The molecule has 0 unspecified atom stereocenters. The molecule has 0 radical (unpaired) electrons. The Morgan fingerprint density at radius 1 is 1.50 bits per heavy atom. The molecule has 2 aromatic rings.